The molecule has 0 spiro atoms. The molecule has 0 aliphatic heterocycles. The van der Waals surface area contributed by atoms with Crippen molar-refractivity contribution in [3.63, 3.8) is 0 Å². The molecule has 0 bridgehead atoms. The van der Waals surface area contributed by atoms with Gasteiger partial charge in [-0.25, -0.2) is 4.98 Å². The number of ketones is 1. The summed E-state index contributed by atoms with van der Waals surface area (Å²) in [6.07, 6.45) is 0.760. The number of carbonyl (C=O) groups is 2. The van der Waals surface area contributed by atoms with Gasteiger partial charge in [0, 0.05) is 11.1 Å². The fourth-order valence-corrected chi connectivity index (χ4v) is 3.12. The van der Waals surface area contributed by atoms with Crippen LogP contribution in [-0.2, 0) is 0 Å². The first-order chi connectivity index (χ1) is 7.54. The van der Waals surface area contributed by atoms with E-state index < -0.39 is 0 Å². The van der Waals surface area contributed by atoms with Crippen molar-refractivity contribution in [2.24, 2.45) is 0 Å². The van der Waals surface area contributed by atoms with Crippen LogP contribution in [0.1, 0.15) is 33.2 Å². The predicted molar refractivity (Wildman–Crippen MR) is 67.4 cm³/mol. The number of hydrogen-bond acceptors (Lipinski definition) is 4. The summed E-state index contributed by atoms with van der Waals surface area (Å²) in [5.74, 6) is -0.0352. The van der Waals surface area contributed by atoms with E-state index in [-0.39, 0.29) is 5.78 Å². The standard InChI is InChI=1S/C11H8BrNO2S/c1-5-7(6(2)15)3-9-10(8(5)4-14)13-11(12)16-9/h3-4H,1-2H3. The Morgan fingerprint density at radius 3 is 2.81 bits per heavy atom. The van der Waals surface area contributed by atoms with Gasteiger partial charge in [0.1, 0.15) is 0 Å². The third-order valence-electron chi connectivity index (χ3n) is 2.46. The number of Topliss-reactive ketones (excluding diaryl/α,β-unsaturated/α-hetero) is 1. The van der Waals surface area contributed by atoms with Crippen molar-refractivity contribution in [2.75, 3.05) is 0 Å². The average Bonchev–Trinajstić information content (AvgIpc) is 2.57. The second-order valence-electron chi connectivity index (χ2n) is 3.45. The summed E-state index contributed by atoms with van der Waals surface area (Å²) in [5, 5.41) is 0. The lowest BCUT2D eigenvalue weighted by molar-refractivity contribution is 0.101. The van der Waals surface area contributed by atoms with Crippen LogP contribution in [0.4, 0.5) is 0 Å². The minimum atomic E-state index is -0.0352. The molecule has 0 saturated carbocycles. The summed E-state index contributed by atoms with van der Waals surface area (Å²) in [5.41, 5.74) is 2.46. The molecule has 0 unspecified atom stereocenters. The second kappa shape index (κ2) is 4.07. The number of fused-ring (bicyclic) bond motifs is 1. The summed E-state index contributed by atoms with van der Waals surface area (Å²) in [6, 6.07) is 1.79. The van der Waals surface area contributed by atoms with E-state index in [2.05, 4.69) is 20.9 Å². The van der Waals surface area contributed by atoms with Gasteiger partial charge in [-0.05, 0) is 41.4 Å². The van der Waals surface area contributed by atoms with Gasteiger partial charge >= 0.3 is 0 Å². The van der Waals surface area contributed by atoms with E-state index in [4.69, 9.17) is 0 Å². The minimum absolute atomic E-state index is 0.0352. The van der Waals surface area contributed by atoms with Crippen LogP contribution in [0.3, 0.4) is 0 Å². The third-order valence-corrected chi connectivity index (χ3v) is 3.92. The first kappa shape index (κ1) is 11.4. The molecular weight excluding hydrogens is 290 g/mol. The number of carbonyl (C=O) groups excluding carboxylic acids is 2. The van der Waals surface area contributed by atoms with Gasteiger partial charge in [0.25, 0.3) is 0 Å². The van der Waals surface area contributed by atoms with Crippen LogP contribution < -0.4 is 0 Å². The molecule has 3 nitrogen and oxygen atoms in total. The van der Waals surface area contributed by atoms with Gasteiger partial charge < -0.3 is 0 Å². The molecule has 2 rings (SSSR count). The Bertz CT molecular complexity index is 604. The Kier molecular flexibility index (Phi) is 2.90. The molecule has 0 aliphatic carbocycles. The van der Waals surface area contributed by atoms with Crippen molar-refractivity contribution in [1.29, 1.82) is 0 Å². The Morgan fingerprint density at radius 2 is 2.25 bits per heavy atom. The largest absolute Gasteiger partial charge is 0.298 e. The zero-order valence-corrected chi connectivity index (χ0v) is 11.1. The van der Waals surface area contributed by atoms with Crippen LogP contribution in [0, 0.1) is 6.92 Å². The Balaban J connectivity index is 2.92. The van der Waals surface area contributed by atoms with Gasteiger partial charge in [0.05, 0.1) is 10.2 Å². The maximum atomic E-state index is 11.4. The Hall–Kier alpha value is -1.07. The van der Waals surface area contributed by atoms with Crippen LogP contribution in [-0.4, -0.2) is 17.1 Å². The quantitative estimate of drug-likeness (QED) is 0.630. The van der Waals surface area contributed by atoms with Crippen LogP contribution in [0.15, 0.2) is 9.98 Å². The maximum Gasteiger partial charge on any atom is 0.160 e. The molecule has 0 radical (unpaired) electrons. The molecule has 5 heteroatoms. The number of benzene rings is 1. The lowest BCUT2D eigenvalue weighted by Crippen LogP contribution is -2.00. The van der Waals surface area contributed by atoms with Gasteiger partial charge in [-0.15, -0.1) is 11.3 Å². The molecule has 2 aromatic rings. The zero-order valence-electron chi connectivity index (χ0n) is 8.70. The maximum absolute atomic E-state index is 11.4. The summed E-state index contributed by atoms with van der Waals surface area (Å²) in [6.45, 7) is 3.27. The molecule has 0 aliphatic rings. The van der Waals surface area contributed by atoms with Crippen LogP contribution in [0.5, 0.6) is 0 Å². The molecule has 0 amide bonds. The molecule has 0 N–H and O–H groups in total. The Morgan fingerprint density at radius 1 is 1.56 bits per heavy atom. The monoisotopic (exact) mass is 297 g/mol. The molecule has 1 heterocycles. The van der Waals surface area contributed by atoms with Crippen LogP contribution >= 0.6 is 27.3 Å². The van der Waals surface area contributed by atoms with Crippen LogP contribution in [0.25, 0.3) is 10.2 Å². The smallest absolute Gasteiger partial charge is 0.160 e. The predicted octanol–water partition coefficient (Wildman–Crippen LogP) is 3.38. The molecule has 0 saturated heterocycles. The van der Waals surface area contributed by atoms with Crippen molar-refractivity contribution in [3.8, 4) is 0 Å². The number of rotatable bonds is 2. The Labute approximate surface area is 105 Å². The van der Waals surface area contributed by atoms with Crippen molar-refractivity contribution in [3.05, 3.63) is 26.7 Å². The highest BCUT2D eigenvalue weighted by molar-refractivity contribution is 9.11. The average molecular weight is 298 g/mol. The van der Waals surface area contributed by atoms with Crippen molar-refractivity contribution < 1.29 is 9.59 Å². The molecular formula is C11H8BrNO2S. The van der Waals surface area contributed by atoms with E-state index in [9.17, 15) is 9.59 Å². The topological polar surface area (TPSA) is 47.0 Å². The summed E-state index contributed by atoms with van der Waals surface area (Å²) in [7, 11) is 0. The summed E-state index contributed by atoms with van der Waals surface area (Å²) in [4.78, 5) is 26.7. The highest BCUT2D eigenvalue weighted by Crippen LogP contribution is 2.31. The minimum Gasteiger partial charge on any atom is -0.298 e. The lowest BCUT2D eigenvalue weighted by atomic mass is 9.99. The number of aldehydes is 1. The normalized spacial score (nSPS) is 10.7. The highest BCUT2D eigenvalue weighted by atomic mass is 79.9. The summed E-state index contributed by atoms with van der Waals surface area (Å²) < 4.78 is 1.57. The van der Waals surface area contributed by atoms with Gasteiger partial charge in [-0.3, -0.25) is 9.59 Å². The molecule has 1 aromatic heterocycles. The molecule has 82 valence electrons. The number of halogens is 1. The molecule has 16 heavy (non-hydrogen) atoms. The number of aromatic nitrogens is 1. The van der Waals surface area contributed by atoms with Crippen molar-refractivity contribution in [2.45, 2.75) is 13.8 Å². The van der Waals surface area contributed by atoms with Gasteiger partial charge in [0.2, 0.25) is 0 Å². The van der Waals surface area contributed by atoms with Crippen molar-refractivity contribution >= 4 is 49.6 Å². The van der Waals surface area contributed by atoms with Crippen molar-refractivity contribution in [1.82, 2.24) is 4.98 Å². The van der Waals surface area contributed by atoms with E-state index >= 15 is 0 Å². The fourth-order valence-electron chi connectivity index (χ4n) is 1.67. The van der Waals surface area contributed by atoms with Gasteiger partial charge in [-0.2, -0.15) is 0 Å². The lowest BCUT2D eigenvalue weighted by Gasteiger charge is -2.05. The zero-order chi connectivity index (χ0) is 11.9. The SMILES string of the molecule is CC(=O)c1cc2sc(Br)nc2c(C=O)c1C. The third kappa shape index (κ3) is 1.70. The number of nitrogens with zero attached hydrogens (tertiary/aromatic N) is 1. The number of thiazole rings is 1. The second-order valence-corrected chi connectivity index (χ2v) is 5.76. The van der Waals surface area contributed by atoms with E-state index in [1.807, 2.05) is 0 Å². The van der Waals surface area contributed by atoms with Gasteiger partial charge in [0.15, 0.2) is 16.0 Å². The first-order valence-electron chi connectivity index (χ1n) is 4.60. The first-order valence-corrected chi connectivity index (χ1v) is 6.21. The van der Waals surface area contributed by atoms with E-state index in [1.54, 1.807) is 13.0 Å². The van der Waals surface area contributed by atoms with Crippen LogP contribution in [0.2, 0.25) is 0 Å². The fraction of sp³-hybridized carbons (Fsp3) is 0.182. The van der Waals surface area contributed by atoms with E-state index in [0.717, 1.165) is 11.0 Å². The number of hydrogen-bond donors (Lipinski definition) is 0. The van der Waals surface area contributed by atoms with E-state index in [1.165, 1.54) is 18.3 Å². The van der Waals surface area contributed by atoms with Gasteiger partial charge in [-0.1, -0.05) is 0 Å². The summed E-state index contributed by atoms with van der Waals surface area (Å²) >= 11 is 4.70. The molecule has 1 aromatic carbocycles. The molecule has 0 atom stereocenters. The van der Waals surface area contributed by atoms with E-state index in [0.29, 0.717) is 26.1 Å². The highest BCUT2D eigenvalue weighted by Gasteiger charge is 2.15. The molecule has 0 fully saturated rings.